The maximum absolute atomic E-state index is 13.5. The van der Waals surface area contributed by atoms with E-state index in [2.05, 4.69) is 0 Å². The number of primary amides is 1. The van der Waals surface area contributed by atoms with Crippen LogP contribution in [-0.4, -0.2) is 12.2 Å². The summed E-state index contributed by atoms with van der Waals surface area (Å²) in [5.41, 5.74) is 5.13. The summed E-state index contributed by atoms with van der Waals surface area (Å²) in [5.74, 6) is -1.13. The Bertz CT molecular complexity index is 640. The Morgan fingerprint density at radius 3 is 2.58 bits per heavy atom. The lowest BCUT2D eigenvalue weighted by molar-refractivity contribution is 0.0996. The van der Waals surface area contributed by atoms with Crippen LogP contribution in [0.1, 0.15) is 20.7 Å². The van der Waals surface area contributed by atoms with Gasteiger partial charge in [-0.2, -0.15) is 0 Å². The highest BCUT2D eigenvalue weighted by Gasteiger charge is 2.10. The SMILES string of the molecule is NC(=O)c1ccc(Oc2ccccc2C=O)cc1F. The van der Waals surface area contributed by atoms with Gasteiger partial charge in [0.15, 0.2) is 6.29 Å². The molecule has 1 amide bonds. The first-order chi connectivity index (χ1) is 9.11. The van der Waals surface area contributed by atoms with Gasteiger partial charge >= 0.3 is 0 Å². The lowest BCUT2D eigenvalue weighted by atomic mass is 10.2. The molecule has 0 saturated heterocycles. The van der Waals surface area contributed by atoms with Gasteiger partial charge in [-0.05, 0) is 24.3 Å². The molecule has 19 heavy (non-hydrogen) atoms. The number of rotatable bonds is 4. The van der Waals surface area contributed by atoms with E-state index >= 15 is 0 Å². The van der Waals surface area contributed by atoms with Crippen LogP contribution >= 0.6 is 0 Å². The second-order valence-corrected chi connectivity index (χ2v) is 3.76. The molecule has 96 valence electrons. The highest BCUT2D eigenvalue weighted by Crippen LogP contribution is 2.25. The minimum absolute atomic E-state index is 0.178. The second-order valence-electron chi connectivity index (χ2n) is 3.76. The number of hydrogen-bond donors (Lipinski definition) is 1. The minimum Gasteiger partial charge on any atom is -0.457 e. The van der Waals surface area contributed by atoms with Crippen molar-refractivity contribution in [2.24, 2.45) is 5.73 Å². The van der Waals surface area contributed by atoms with E-state index < -0.39 is 11.7 Å². The summed E-state index contributed by atoms with van der Waals surface area (Å²) in [6.45, 7) is 0. The highest BCUT2D eigenvalue weighted by atomic mass is 19.1. The van der Waals surface area contributed by atoms with Crippen LogP contribution in [0.15, 0.2) is 42.5 Å². The van der Waals surface area contributed by atoms with E-state index in [0.717, 1.165) is 6.07 Å². The van der Waals surface area contributed by atoms with Crippen LogP contribution in [0.25, 0.3) is 0 Å². The lowest BCUT2D eigenvalue weighted by Crippen LogP contribution is -2.12. The molecule has 4 nitrogen and oxygen atoms in total. The van der Waals surface area contributed by atoms with E-state index in [4.69, 9.17) is 10.5 Å². The Balaban J connectivity index is 2.31. The van der Waals surface area contributed by atoms with Crippen molar-refractivity contribution in [2.75, 3.05) is 0 Å². The molecule has 2 rings (SSSR count). The summed E-state index contributed by atoms with van der Waals surface area (Å²) in [6.07, 6.45) is 0.642. The van der Waals surface area contributed by atoms with Crippen molar-refractivity contribution in [3.05, 3.63) is 59.4 Å². The van der Waals surface area contributed by atoms with E-state index in [-0.39, 0.29) is 11.3 Å². The third-order valence-corrected chi connectivity index (χ3v) is 2.48. The lowest BCUT2D eigenvalue weighted by Gasteiger charge is -2.08. The van der Waals surface area contributed by atoms with E-state index in [1.54, 1.807) is 24.3 Å². The molecule has 0 bridgehead atoms. The molecule has 0 atom stereocenters. The van der Waals surface area contributed by atoms with Crippen LogP contribution < -0.4 is 10.5 Å². The average Bonchev–Trinajstić information content (AvgIpc) is 2.39. The summed E-state index contributed by atoms with van der Waals surface area (Å²) in [4.78, 5) is 21.7. The molecule has 0 fully saturated rings. The number of aldehydes is 1. The zero-order chi connectivity index (χ0) is 13.8. The molecule has 2 aromatic carbocycles. The molecule has 0 aliphatic rings. The number of hydrogen-bond acceptors (Lipinski definition) is 3. The van der Waals surface area contributed by atoms with Gasteiger partial charge in [-0.1, -0.05) is 12.1 Å². The third kappa shape index (κ3) is 2.77. The Hall–Kier alpha value is -2.69. The standard InChI is InChI=1S/C14H10FNO3/c15-12-7-10(5-6-11(12)14(16)18)19-13-4-2-1-3-9(13)8-17/h1-8H,(H2,16,18). The molecule has 0 saturated carbocycles. The summed E-state index contributed by atoms with van der Waals surface area (Å²) >= 11 is 0. The predicted octanol–water partition coefficient (Wildman–Crippen LogP) is 2.53. The fourth-order valence-corrected chi connectivity index (χ4v) is 1.56. The van der Waals surface area contributed by atoms with Crippen molar-refractivity contribution in [2.45, 2.75) is 0 Å². The van der Waals surface area contributed by atoms with Gasteiger partial charge in [-0.3, -0.25) is 9.59 Å². The Labute approximate surface area is 108 Å². The van der Waals surface area contributed by atoms with E-state index in [0.29, 0.717) is 17.6 Å². The largest absolute Gasteiger partial charge is 0.457 e. The van der Waals surface area contributed by atoms with Crippen molar-refractivity contribution in [3.8, 4) is 11.5 Å². The summed E-state index contributed by atoms with van der Waals surface area (Å²) in [6, 6.07) is 10.2. The number of para-hydroxylation sites is 1. The molecule has 0 unspecified atom stereocenters. The van der Waals surface area contributed by atoms with E-state index in [1.165, 1.54) is 12.1 Å². The number of amides is 1. The topological polar surface area (TPSA) is 69.4 Å². The molecular formula is C14H10FNO3. The molecular weight excluding hydrogens is 249 g/mol. The van der Waals surface area contributed by atoms with Crippen LogP contribution in [0, 0.1) is 5.82 Å². The zero-order valence-corrected chi connectivity index (χ0v) is 9.80. The van der Waals surface area contributed by atoms with Gasteiger partial charge in [0.25, 0.3) is 5.91 Å². The summed E-state index contributed by atoms with van der Waals surface area (Å²) < 4.78 is 18.9. The number of benzene rings is 2. The molecule has 0 spiro atoms. The maximum Gasteiger partial charge on any atom is 0.251 e. The molecule has 0 heterocycles. The highest BCUT2D eigenvalue weighted by molar-refractivity contribution is 5.93. The zero-order valence-electron chi connectivity index (χ0n) is 9.80. The minimum atomic E-state index is -0.850. The Kier molecular flexibility index (Phi) is 3.56. The van der Waals surface area contributed by atoms with Crippen molar-refractivity contribution in [1.29, 1.82) is 0 Å². The summed E-state index contributed by atoms with van der Waals surface area (Å²) in [5, 5.41) is 0. The first-order valence-electron chi connectivity index (χ1n) is 5.43. The maximum atomic E-state index is 13.5. The van der Waals surface area contributed by atoms with E-state index in [9.17, 15) is 14.0 Å². The first kappa shape index (κ1) is 12.8. The number of carbonyl (C=O) groups excluding carboxylic acids is 2. The normalized spacial score (nSPS) is 9.95. The predicted molar refractivity (Wildman–Crippen MR) is 66.8 cm³/mol. The van der Waals surface area contributed by atoms with Crippen LogP contribution in [0.3, 0.4) is 0 Å². The number of halogens is 1. The number of ether oxygens (including phenoxy) is 1. The van der Waals surface area contributed by atoms with Crippen LogP contribution in [-0.2, 0) is 0 Å². The van der Waals surface area contributed by atoms with Crippen LogP contribution in [0.2, 0.25) is 0 Å². The van der Waals surface area contributed by atoms with Gasteiger partial charge in [0, 0.05) is 6.07 Å². The van der Waals surface area contributed by atoms with Crippen molar-refractivity contribution in [1.82, 2.24) is 0 Å². The molecule has 2 N–H and O–H groups in total. The van der Waals surface area contributed by atoms with Gasteiger partial charge in [-0.15, -0.1) is 0 Å². The van der Waals surface area contributed by atoms with Gasteiger partial charge in [0.1, 0.15) is 17.3 Å². The van der Waals surface area contributed by atoms with Crippen LogP contribution in [0.4, 0.5) is 4.39 Å². The smallest absolute Gasteiger partial charge is 0.251 e. The van der Waals surface area contributed by atoms with Crippen molar-refractivity contribution >= 4 is 12.2 Å². The van der Waals surface area contributed by atoms with Crippen molar-refractivity contribution in [3.63, 3.8) is 0 Å². The molecule has 5 heteroatoms. The fourth-order valence-electron chi connectivity index (χ4n) is 1.56. The number of nitrogens with two attached hydrogens (primary N) is 1. The second kappa shape index (κ2) is 5.30. The Morgan fingerprint density at radius 1 is 1.21 bits per heavy atom. The monoisotopic (exact) mass is 259 g/mol. The fraction of sp³-hybridized carbons (Fsp3) is 0. The molecule has 0 radical (unpaired) electrons. The summed E-state index contributed by atoms with van der Waals surface area (Å²) in [7, 11) is 0. The molecule has 0 aliphatic heterocycles. The third-order valence-electron chi connectivity index (χ3n) is 2.48. The van der Waals surface area contributed by atoms with Crippen molar-refractivity contribution < 1.29 is 18.7 Å². The average molecular weight is 259 g/mol. The molecule has 0 aromatic heterocycles. The molecule has 2 aromatic rings. The van der Waals surface area contributed by atoms with Gasteiger partial charge in [0.05, 0.1) is 11.1 Å². The molecule has 0 aliphatic carbocycles. The van der Waals surface area contributed by atoms with Gasteiger partial charge in [-0.25, -0.2) is 4.39 Å². The van der Waals surface area contributed by atoms with Gasteiger partial charge < -0.3 is 10.5 Å². The van der Waals surface area contributed by atoms with Gasteiger partial charge in [0.2, 0.25) is 0 Å². The van der Waals surface area contributed by atoms with Crippen LogP contribution in [0.5, 0.6) is 11.5 Å². The quantitative estimate of drug-likeness (QED) is 0.858. The first-order valence-corrected chi connectivity index (χ1v) is 5.43. The van der Waals surface area contributed by atoms with E-state index in [1.807, 2.05) is 0 Å². The Morgan fingerprint density at radius 2 is 1.95 bits per heavy atom. The number of carbonyl (C=O) groups is 2.